The largest absolute Gasteiger partial charge is 0.398 e. The van der Waals surface area contributed by atoms with Crippen LogP contribution in [0, 0.1) is 5.82 Å². The highest BCUT2D eigenvalue weighted by Crippen LogP contribution is 2.30. The van der Waals surface area contributed by atoms with Crippen molar-refractivity contribution in [3.63, 3.8) is 0 Å². The van der Waals surface area contributed by atoms with Crippen LogP contribution in [0.15, 0.2) is 40.9 Å². The molecule has 0 aliphatic carbocycles. The van der Waals surface area contributed by atoms with Gasteiger partial charge in [-0.05, 0) is 52.7 Å². The molecule has 5 heteroatoms. The van der Waals surface area contributed by atoms with Crippen LogP contribution >= 0.6 is 15.9 Å². The van der Waals surface area contributed by atoms with Gasteiger partial charge in [0.2, 0.25) is 0 Å². The summed E-state index contributed by atoms with van der Waals surface area (Å²) in [4.78, 5) is 4.49. The van der Waals surface area contributed by atoms with Gasteiger partial charge in [-0.2, -0.15) is 0 Å². The van der Waals surface area contributed by atoms with Crippen molar-refractivity contribution in [1.82, 2.24) is 9.55 Å². The van der Waals surface area contributed by atoms with Crippen molar-refractivity contribution in [3.8, 4) is 11.4 Å². The first kappa shape index (κ1) is 14.1. The number of anilines is 1. The van der Waals surface area contributed by atoms with Gasteiger partial charge < -0.3 is 10.3 Å². The second kappa shape index (κ2) is 5.48. The van der Waals surface area contributed by atoms with Gasteiger partial charge in [0.05, 0.1) is 5.52 Å². The maximum atomic E-state index is 14.0. The molecule has 0 aliphatic rings. The van der Waals surface area contributed by atoms with Crippen LogP contribution in [0.4, 0.5) is 10.1 Å². The second-order valence-electron chi connectivity index (χ2n) is 4.93. The number of hydrogen-bond donors (Lipinski definition) is 1. The van der Waals surface area contributed by atoms with E-state index in [2.05, 4.69) is 27.8 Å². The van der Waals surface area contributed by atoms with Crippen molar-refractivity contribution < 1.29 is 4.39 Å². The highest BCUT2D eigenvalue weighted by molar-refractivity contribution is 9.10. The van der Waals surface area contributed by atoms with Crippen LogP contribution in [0.5, 0.6) is 0 Å². The van der Waals surface area contributed by atoms with E-state index < -0.39 is 0 Å². The Morgan fingerprint density at radius 2 is 2.10 bits per heavy atom. The molecule has 2 N–H and O–H groups in total. The van der Waals surface area contributed by atoms with Crippen LogP contribution in [-0.2, 0) is 6.54 Å². The lowest BCUT2D eigenvalue weighted by atomic mass is 10.2. The quantitative estimate of drug-likeness (QED) is 0.703. The third-order valence-electron chi connectivity index (χ3n) is 3.43. The first-order chi connectivity index (χ1) is 10.1. The van der Waals surface area contributed by atoms with Gasteiger partial charge in [-0.25, -0.2) is 9.37 Å². The van der Waals surface area contributed by atoms with Crippen LogP contribution < -0.4 is 5.73 Å². The maximum absolute atomic E-state index is 14.0. The number of benzene rings is 2. The van der Waals surface area contributed by atoms with Crippen LogP contribution in [0.25, 0.3) is 22.4 Å². The number of aryl methyl sites for hydroxylation is 1. The van der Waals surface area contributed by atoms with E-state index in [1.54, 1.807) is 6.07 Å². The summed E-state index contributed by atoms with van der Waals surface area (Å²) in [6, 6.07) is 10.7. The molecule has 0 unspecified atom stereocenters. The Morgan fingerprint density at radius 1 is 1.29 bits per heavy atom. The van der Waals surface area contributed by atoms with E-state index in [1.165, 1.54) is 6.07 Å². The minimum atomic E-state index is -0.298. The number of aromatic nitrogens is 2. The molecule has 0 spiro atoms. The van der Waals surface area contributed by atoms with Gasteiger partial charge >= 0.3 is 0 Å². The minimum absolute atomic E-state index is 0.298. The third-order valence-corrected chi connectivity index (χ3v) is 4.15. The molecule has 0 saturated carbocycles. The number of nitrogens with zero attached hydrogens (tertiary/aromatic N) is 2. The number of nitrogens with two attached hydrogens (primary N) is 1. The Bertz CT molecular complexity index is 811. The lowest BCUT2D eigenvalue weighted by Gasteiger charge is -2.09. The highest BCUT2D eigenvalue weighted by atomic mass is 79.9. The molecular formula is C16H15BrFN3. The zero-order valence-electron chi connectivity index (χ0n) is 11.6. The smallest absolute Gasteiger partial charge is 0.151 e. The predicted molar refractivity (Wildman–Crippen MR) is 87.5 cm³/mol. The summed E-state index contributed by atoms with van der Waals surface area (Å²) in [5.74, 6) is 0.449. The normalized spacial score (nSPS) is 11.2. The monoisotopic (exact) mass is 347 g/mol. The van der Waals surface area contributed by atoms with Crippen molar-refractivity contribution in [3.05, 3.63) is 46.7 Å². The fourth-order valence-electron chi connectivity index (χ4n) is 2.47. The molecule has 0 radical (unpaired) electrons. The molecule has 3 nitrogen and oxygen atoms in total. The molecule has 1 aromatic heterocycles. The van der Waals surface area contributed by atoms with Crippen molar-refractivity contribution in [2.24, 2.45) is 0 Å². The molecule has 3 rings (SSSR count). The predicted octanol–water partition coefficient (Wildman–Crippen LogP) is 4.60. The van der Waals surface area contributed by atoms with Gasteiger partial charge in [-0.3, -0.25) is 0 Å². The zero-order valence-corrected chi connectivity index (χ0v) is 13.2. The Balaban J connectivity index is 2.27. The number of nitrogen functional groups attached to an aromatic ring is 1. The van der Waals surface area contributed by atoms with Crippen molar-refractivity contribution >= 4 is 32.7 Å². The molecule has 1 heterocycles. The lowest BCUT2D eigenvalue weighted by Crippen LogP contribution is -2.00. The number of rotatable bonds is 3. The lowest BCUT2D eigenvalue weighted by molar-refractivity contribution is 0.637. The third kappa shape index (κ3) is 2.42. The van der Waals surface area contributed by atoms with Gasteiger partial charge in [0, 0.05) is 22.3 Å². The van der Waals surface area contributed by atoms with E-state index in [4.69, 9.17) is 5.73 Å². The summed E-state index contributed by atoms with van der Waals surface area (Å²) in [7, 11) is 0. The van der Waals surface area contributed by atoms with Gasteiger partial charge in [-0.1, -0.05) is 13.0 Å². The number of halogens is 2. The van der Waals surface area contributed by atoms with Crippen LogP contribution in [0.2, 0.25) is 0 Å². The molecule has 0 saturated heterocycles. The van der Waals surface area contributed by atoms with E-state index in [0.29, 0.717) is 11.2 Å². The van der Waals surface area contributed by atoms with Crippen molar-refractivity contribution in [2.75, 3.05) is 5.73 Å². The van der Waals surface area contributed by atoms with Gasteiger partial charge in [0.25, 0.3) is 0 Å². The summed E-state index contributed by atoms with van der Waals surface area (Å²) >= 11 is 3.39. The van der Waals surface area contributed by atoms with E-state index in [9.17, 15) is 4.39 Å². The molecule has 108 valence electrons. The first-order valence-electron chi connectivity index (χ1n) is 6.82. The Hall–Kier alpha value is -1.88. The average molecular weight is 348 g/mol. The maximum Gasteiger partial charge on any atom is 0.151 e. The standard InChI is InChI=1S/C16H15BrFN3/c1-2-8-21-14-5-3-4-12(18)15(14)20-16(21)10-6-7-11(17)13(19)9-10/h3-7,9H,2,8,19H2,1H3. The summed E-state index contributed by atoms with van der Waals surface area (Å²) < 4.78 is 16.9. The highest BCUT2D eigenvalue weighted by Gasteiger charge is 2.15. The Labute approximate surface area is 130 Å². The number of para-hydroxylation sites is 1. The van der Waals surface area contributed by atoms with Crippen LogP contribution in [0.3, 0.4) is 0 Å². The fraction of sp³-hybridized carbons (Fsp3) is 0.188. The Kier molecular flexibility index (Phi) is 3.68. The molecule has 2 aromatic carbocycles. The van der Waals surface area contributed by atoms with Gasteiger partial charge in [-0.15, -0.1) is 0 Å². The van der Waals surface area contributed by atoms with E-state index in [0.717, 1.165) is 34.3 Å². The SMILES string of the molecule is CCCn1c(-c2ccc(Br)c(N)c2)nc2c(F)cccc21. The molecule has 0 fully saturated rings. The van der Waals surface area contributed by atoms with Crippen LogP contribution in [-0.4, -0.2) is 9.55 Å². The summed E-state index contributed by atoms with van der Waals surface area (Å²) in [5, 5.41) is 0. The second-order valence-corrected chi connectivity index (χ2v) is 5.79. The van der Waals surface area contributed by atoms with Gasteiger partial charge in [0.1, 0.15) is 11.3 Å². The molecule has 0 atom stereocenters. The van der Waals surface area contributed by atoms with Crippen molar-refractivity contribution in [2.45, 2.75) is 19.9 Å². The van der Waals surface area contributed by atoms with E-state index >= 15 is 0 Å². The molecular weight excluding hydrogens is 333 g/mol. The van der Waals surface area contributed by atoms with E-state index in [-0.39, 0.29) is 5.82 Å². The zero-order chi connectivity index (χ0) is 15.0. The topological polar surface area (TPSA) is 43.8 Å². The Morgan fingerprint density at radius 3 is 2.81 bits per heavy atom. The summed E-state index contributed by atoms with van der Waals surface area (Å²) in [6.45, 7) is 2.87. The molecule has 0 bridgehead atoms. The molecule has 0 amide bonds. The number of fused-ring (bicyclic) bond motifs is 1. The molecule has 0 aliphatic heterocycles. The van der Waals surface area contributed by atoms with Gasteiger partial charge in [0.15, 0.2) is 5.82 Å². The molecule has 3 aromatic rings. The van der Waals surface area contributed by atoms with Crippen LogP contribution in [0.1, 0.15) is 13.3 Å². The van der Waals surface area contributed by atoms with E-state index in [1.807, 2.05) is 28.8 Å². The number of imidazole rings is 1. The summed E-state index contributed by atoms with van der Waals surface area (Å²) in [5.41, 5.74) is 8.70. The molecule has 21 heavy (non-hydrogen) atoms. The average Bonchev–Trinajstić information content (AvgIpc) is 2.83. The summed E-state index contributed by atoms with van der Waals surface area (Å²) in [6.07, 6.45) is 0.945. The minimum Gasteiger partial charge on any atom is -0.398 e. The fourth-order valence-corrected chi connectivity index (χ4v) is 2.71. The first-order valence-corrected chi connectivity index (χ1v) is 7.61. The number of hydrogen-bond acceptors (Lipinski definition) is 2. The van der Waals surface area contributed by atoms with Crippen molar-refractivity contribution in [1.29, 1.82) is 0 Å².